The number of hydrogen-bond donors (Lipinski definition) is 0. The second-order valence-electron chi connectivity index (χ2n) is 9.08. The number of hydrogen-bond acceptors (Lipinski definition) is 1. The summed E-state index contributed by atoms with van der Waals surface area (Å²) in [6.07, 6.45) is 1.14. The van der Waals surface area contributed by atoms with Crippen LogP contribution in [0.3, 0.4) is 0 Å². The van der Waals surface area contributed by atoms with E-state index < -0.39 is 0 Å². The average Bonchev–Trinajstić information content (AvgIpc) is 2.75. The molecule has 1 heteroatoms. The van der Waals surface area contributed by atoms with Crippen LogP contribution in [-0.2, 0) is 5.41 Å². The van der Waals surface area contributed by atoms with Crippen LogP contribution >= 0.6 is 0 Å². The topological polar surface area (TPSA) is 3.24 Å². The monoisotopic (exact) mass is 379 g/mol. The molecule has 1 aliphatic rings. The molecular formula is C28H29N. The minimum absolute atomic E-state index is 0.0686. The predicted molar refractivity (Wildman–Crippen MR) is 127 cm³/mol. The Hall–Kier alpha value is -2.80. The summed E-state index contributed by atoms with van der Waals surface area (Å²) in [5, 5.41) is 5.44. The molecule has 0 saturated heterocycles. The quantitative estimate of drug-likeness (QED) is 0.342. The van der Waals surface area contributed by atoms with Crippen molar-refractivity contribution >= 4 is 32.9 Å². The fourth-order valence-corrected chi connectivity index (χ4v) is 5.45. The van der Waals surface area contributed by atoms with Gasteiger partial charge in [-0.15, -0.1) is 0 Å². The van der Waals surface area contributed by atoms with Gasteiger partial charge in [-0.1, -0.05) is 82.3 Å². The standard InChI is InChI=1S/C28H29N/c1-6-18(2)25-21-13-9-8-12-20(21)17-24-27(25)28(3,4)26-22-14-10-7-11-19(22)15-16-23(26)29(24)5/h7-18H,6H2,1-5H3. The van der Waals surface area contributed by atoms with E-state index in [-0.39, 0.29) is 5.41 Å². The van der Waals surface area contributed by atoms with Crippen LogP contribution in [0, 0.1) is 0 Å². The molecule has 0 fully saturated rings. The van der Waals surface area contributed by atoms with Crippen molar-refractivity contribution in [2.75, 3.05) is 11.9 Å². The molecular weight excluding hydrogens is 350 g/mol. The van der Waals surface area contributed by atoms with Gasteiger partial charge in [0.15, 0.2) is 0 Å². The van der Waals surface area contributed by atoms with Crippen LogP contribution in [0.15, 0.2) is 66.7 Å². The van der Waals surface area contributed by atoms with E-state index in [0.29, 0.717) is 5.92 Å². The Bertz CT molecular complexity index is 1250. The predicted octanol–water partition coefficient (Wildman–Crippen LogP) is 7.91. The lowest BCUT2D eigenvalue weighted by Gasteiger charge is -2.43. The van der Waals surface area contributed by atoms with E-state index in [1.807, 2.05) is 0 Å². The molecule has 0 aromatic heterocycles. The molecule has 0 spiro atoms. The maximum Gasteiger partial charge on any atom is 0.0459 e. The molecule has 1 aliphatic heterocycles. The molecule has 146 valence electrons. The van der Waals surface area contributed by atoms with Crippen molar-refractivity contribution in [2.24, 2.45) is 0 Å². The first-order valence-corrected chi connectivity index (χ1v) is 10.8. The number of fused-ring (bicyclic) bond motifs is 5. The van der Waals surface area contributed by atoms with Crippen molar-refractivity contribution < 1.29 is 0 Å². The third-order valence-electron chi connectivity index (χ3n) is 7.05. The van der Waals surface area contributed by atoms with Crippen molar-refractivity contribution in [3.8, 4) is 0 Å². The molecule has 1 atom stereocenters. The van der Waals surface area contributed by atoms with Crippen molar-refractivity contribution in [3.63, 3.8) is 0 Å². The molecule has 0 amide bonds. The van der Waals surface area contributed by atoms with Gasteiger partial charge in [-0.05, 0) is 62.7 Å². The highest BCUT2D eigenvalue weighted by Crippen LogP contribution is 2.54. The zero-order valence-corrected chi connectivity index (χ0v) is 18.1. The van der Waals surface area contributed by atoms with E-state index >= 15 is 0 Å². The molecule has 5 rings (SSSR count). The molecule has 0 radical (unpaired) electrons. The zero-order chi connectivity index (χ0) is 20.3. The van der Waals surface area contributed by atoms with E-state index in [9.17, 15) is 0 Å². The van der Waals surface area contributed by atoms with Crippen molar-refractivity contribution in [3.05, 3.63) is 83.4 Å². The average molecular weight is 380 g/mol. The molecule has 1 unspecified atom stereocenters. The Labute approximate surface area is 174 Å². The Balaban J connectivity index is 1.95. The van der Waals surface area contributed by atoms with E-state index in [1.165, 1.54) is 49.6 Å². The fraction of sp³-hybridized carbons (Fsp3) is 0.286. The highest BCUT2D eigenvalue weighted by molar-refractivity contribution is 6.00. The molecule has 0 aliphatic carbocycles. The first-order valence-electron chi connectivity index (χ1n) is 10.8. The van der Waals surface area contributed by atoms with E-state index in [0.717, 1.165) is 6.42 Å². The highest BCUT2D eigenvalue weighted by Gasteiger charge is 2.39. The third-order valence-corrected chi connectivity index (χ3v) is 7.05. The van der Waals surface area contributed by atoms with Gasteiger partial charge in [0.1, 0.15) is 0 Å². The third kappa shape index (κ3) is 2.46. The first kappa shape index (κ1) is 18.2. The van der Waals surface area contributed by atoms with Gasteiger partial charge in [-0.3, -0.25) is 0 Å². The van der Waals surface area contributed by atoms with Crippen molar-refractivity contribution in [1.29, 1.82) is 0 Å². The van der Waals surface area contributed by atoms with Gasteiger partial charge in [0, 0.05) is 23.8 Å². The fourth-order valence-electron chi connectivity index (χ4n) is 5.45. The molecule has 1 nitrogen and oxygen atoms in total. The Morgan fingerprint density at radius 1 is 0.793 bits per heavy atom. The molecule has 29 heavy (non-hydrogen) atoms. The van der Waals surface area contributed by atoms with E-state index in [1.54, 1.807) is 0 Å². The second-order valence-corrected chi connectivity index (χ2v) is 9.08. The van der Waals surface area contributed by atoms with Crippen LogP contribution in [0.2, 0.25) is 0 Å². The summed E-state index contributed by atoms with van der Waals surface area (Å²) in [4.78, 5) is 2.42. The summed E-state index contributed by atoms with van der Waals surface area (Å²) in [5.41, 5.74) is 7.08. The normalized spacial score (nSPS) is 16.0. The Kier molecular flexibility index (Phi) is 4.00. The van der Waals surface area contributed by atoms with Gasteiger partial charge in [0.25, 0.3) is 0 Å². The van der Waals surface area contributed by atoms with Gasteiger partial charge in [0.2, 0.25) is 0 Å². The minimum atomic E-state index is -0.0686. The number of nitrogens with zero attached hydrogens (tertiary/aromatic N) is 1. The summed E-state index contributed by atoms with van der Waals surface area (Å²) < 4.78 is 0. The van der Waals surface area contributed by atoms with Crippen molar-refractivity contribution in [1.82, 2.24) is 0 Å². The maximum atomic E-state index is 2.42. The molecule has 0 N–H and O–H groups in total. The van der Waals surface area contributed by atoms with Gasteiger partial charge in [-0.2, -0.15) is 0 Å². The summed E-state index contributed by atoms with van der Waals surface area (Å²) in [7, 11) is 2.23. The number of anilines is 2. The van der Waals surface area contributed by atoms with Crippen LogP contribution in [0.1, 0.15) is 56.7 Å². The molecule has 0 saturated carbocycles. The zero-order valence-electron chi connectivity index (χ0n) is 18.1. The molecule has 0 bridgehead atoms. The lowest BCUT2D eigenvalue weighted by atomic mass is 9.68. The van der Waals surface area contributed by atoms with Gasteiger partial charge in [-0.25, -0.2) is 0 Å². The number of benzene rings is 4. The molecule has 1 heterocycles. The summed E-state index contributed by atoms with van der Waals surface area (Å²) in [5.74, 6) is 0.513. The highest BCUT2D eigenvalue weighted by atomic mass is 15.1. The van der Waals surface area contributed by atoms with Gasteiger partial charge >= 0.3 is 0 Å². The SMILES string of the molecule is CCC(C)c1c2c(cc3ccccc13)N(C)c1ccc3ccccc3c1C2(C)C. The van der Waals surface area contributed by atoms with E-state index in [2.05, 4.69) is 106 Å². The van der Waals surface area contributed by atoms with E-state index in [4.69, 9.17) is 0 Å². The van der Waals surface area contributed by atoms with Crippen LogP contribution in [0.25, 0.3) is 21.5 Å². The minimum Gasteiger partial charge on any atom is -0.344 e. The summed E-state index contributed by atoms with van der Waals surface area (Å²) in [6.45, 7) is 9.54. The summed E-state index contributed by atoms with van der Waals surface area (Å²) >= 11 is 0. The lowest BCUT2D eigenvalue weighted by Crippen LogP contribution is -2.33. The summed E-state index contributed by atoms with van der Waals surface area (Å²) in [6, 6.07) is 24.7. The van der Waals surface area contributed by atoms with Crippen molar-refractivity contribution in [2.45, 2.75) is 45.4 Å². The Morgan fingerprint density at radius 2 is 1.45 bits per heavy atom. The van der Waals surface area contributed by atoms with Crippen LogP contribution in [0.4, 0.5) is 11.4 Å². The number of rotatable bonds is 2. The Morgan fingerprint density at radius 3 is 2.17 bits per heavy atom. The molecule has 4 aromatic rings. The van der Waals surface area contributed by atoms with Gasteiger partial charge in [0.05, 0.1) is 0 Å². The first-order chi connectivity index (χ1) is 13.9. The smallest absolute Gasteiger partial charge is 0.0459 e. The van der Waals surface area contributed by atoms with Crippen LogP contribution in [0.5, 0.6) is 0 Å². The second kappa shape index (κ2) is 6.35. The van der Waals surface area contributed by atoms with Crippen LogP contribution < -0.4 is 4.90 Å². The van der Waals surface area contributed by atoms with Gasteiger partial charge < -0.3 is 4.90 Å². The van der Waals surface area contributed by atoms with Crippen LogP contribution in [-0.4, -0.2) is 7.05 Å². The lowest BCUT2D eigenvalue weighted by molar-refractivity contribution is 0.611. The largest absolute Gasteiger partial charge is 0.344 e. The molecule has 4 aromatic carbocycles. The maximum absolute atomic E-state index is 2.42.